The summed E-state index contributed by atoms with van der Waals surface area (Å²) in [6.45, 7) is 0.250. The molecule has 0 spiro atoms. The third kappa shape index (κ3) is 6.01. The van der Waals surface area contributed by atoms with Gasteiger partial charge in [-0.2, -0.15) is 0 Å². The summed E-state index contributed by atoms with van der Waals surface area (Å²) in [6.07, 6.45) is 1.76. The number of amides is 1. The normalized spacial score (nSPS) is 15.2. The van der Waals surface area contributed by atoms with E-state index in [2.05, 4.69) is 10.3 Å². The van der Waals surface area contributed by atoms with Gasteiger partial charge in [-0.25, -0.2) is 9.79 Å². The summed E-state index contributed by atoms with van der Waals surface area (Å²) in [4.78, 5) is 28.4. The zero-order valence-electron chi connectivity index (χ0n) is 19.0. The van der Waals surface area contributed by atoms with Crippen molar-refractivity contribution in [2.45, 2.75) is 6.61 Å². The fourth-order valence-corrected chi connectivity index (χ4v) is 4.05. The Morgan fingerprint density at radius 3 is 2.40 bits per heavy atom. The molecular weight excluding hydrogens is 468 g/mol. The molecule has 1 aliphatic heterocycles. The first-order chi connectivity index (χ1) is 16.9. The molecule has 35 heavy (non-hydrogen) atoms. The molecule has 0 atom stereocenters. The minimum Gasteiger partial charge on any atom is -0.497 e. The van der Waals surface area contributed by atoms with Crippen LogP contribution in [0.2, 0.25) is 0 Å². The second kappa shape index (κ2) is 10.8. The molecule has 1 amide bonds. The second-order valence-electron chi connectivity index (χ2n) is 7.38. The van der Waals surface area contributed by atoms with Gasteiger partial charge in [0.05, 0.1) is 30.4 Å². The van der Waals surface area contributed by atoms with E-state index < -0.39 is 5.97 Å². The largest absolute Gasteiger partial charge is 0.497 e. The number of nitrogens with zero attached hydrogens (tertiary/aromatic N) is 1. The Morgan fingerprint density at radius 1 is 1.00 bits per heavy atom. The smallest absolute Gasteiger partial charge is 0.335 e. The van der Waals surface area contributed by atoms with Crippen molar-refractivity contribution >= 4 is 40.6 Å². The van der Waals surface area contributed by atoms with Crippen molar-refractivity contribution in [1.82, 2.24) is 5.32 Å². The predicted molar refractivity (Wildman–Crippen MR) is 135 cm³/mol. The molecular formula is C26H22N2O6S. The highest BCUT2D eigenvalue weighted by molar-refractivity contribution is 8.18. The Hall–Kier alpha value is -4.24. The number of aromatic carboxylic acids is 1. The lowest BCUT2D eigenvalue weighted by molar-refractivity contribution is -0.115. The Bertz CT molecular complexity index is 1300. The maximum atomic E-state index is 12.4. The molecule has 1 fully saturated rings. The van der Waals surface area contributed by atoms with Crippen molar-refractivity contribution in [3.05, 3.63) is 88.3 Å². The van der Waals surface area contributed by atoms with E-state index in [1.807, 2.05) is 18.2 Å². The molecule has 178 valence electrons. The van der Waals surface area contributed by atoms with Crippen LogP contribution in [0.25, 0.3) is 6.08 Å². The highest BCUT2D eigenvalue weighted by Crippen LogP contribution is 2.33. The monoisotopic (exact) mass is 490 g/mol. The Balaban J connectivity index is 1.45. The molecule has 9 heteroatoms. The molecule has 1 aliphatic rings. The third-order valence-corrected chi connectivity index (χ3v) is 5.94. The number of hydrogen-bond acceptors (Lipinski definition) is 7. The van der Waals surface area contributed by atoms with E-state index in [0.29, 0.717) is 27.3 Å². The van der Waals surface area contributed by atoms with Gasteiger partial charge in [-0.05, 0) is 77.5 Å². The van der Waals surface area contributed by atoms with Gasteiger partial charge in [-0.3, -0.25) is 4.79 Å². The number of rotatable bonds is 8. The summed E-state index contributed by atoms with van der Waals surface area (Å²) in [5.74, 6) is 0.567. The fourth-order valence-electron chi connectivity index (χ4n) is 3.20. The van der Waals surface area contributed by atoms with Gasteiger partial charge < -0.3 is 24.6 Å². The minimum absolute atomic E-state index is 0.217. The van der Waals surface area contributed by atoms with Crippen molar-refractivity contribution < 1.29 is 28.9 Å². The van der Waals surface area contributed by atoms with E-state index in [-0.39, 0.29) is 18.1 Å². The van der Waals surface area contributed by atoms with Gasteiger partial charge in [-0.15, -0.1) is 0 Å². The molecule has 1 heterocycles. The van der Waals surface area contributed by atoms with Crippen molar-refractivity contribution in [3.8, 4) is 17.2 Å². The van der Waals surface area contributed by atoms with E-state index in [4.69, 9.17) is 19.3 Å². The lowest BCUT2D eigenvalue weighted by Gasteiger charge is -2.11. The zero-order chi connectivity index (χ0) is 24.8. The molecule has 0 unspecified atom stereocenters. The van der Waals surface area contributed by atoms with Crippen molar-refractivity contribution in [2.75, 3.05) is 14.2 Å². The third-order valence-electron chi connectivity index (χ3n) is 5.03. The van der Waals surface area contributed by atoms with Gasteiger partial charge >= 0.3 is 5.97 Å². The summed E-state index contributed by atoms with van der Waals surface area (Å²) in [6, 6.07) is 19.1. The molecule has 0 bridgehead atoms. The summed E-state index contributed by atoms with van der Waals surface area (Å²) in [5.41, 5.74) is 2.51. The standard InChI is InChI=1S/C26H22N2O6S/c1-32-20-10-8-19(9-11-20)27-26-28-24(29)23(35-26)14-17-5-12-21(22(13-17)33-2)34-15-16-3-6-18(7-4-16)25(30)31/h3-14H,15H2,1-2H3,(H,30,31)(H,27,28,29). The van der Waals surface area contributed by atoms with E-state index in [1.54, 1.807) is 49.6 Å². The van der Waals surface area contributed by atoms with Crippen molar-refractivity contribution in [3.63, 3.8) is 0 Å². The number of benzene rings is 3. The molecule has 0 radical (unpaired) electrons. The van der Waals surface area contributed by atoms with Gasteiger partial charge in [0.2, 0.25) is 0 Å². The molecule has 8 nitrogen and oxygen atoms in total. The van der Waals surface area contributed by atoms with Crippen molar-refractivity contribution in [1.29, 1.82) is 0 Å². The minimum atomic E-state index is -0.975. The van der Waals surface area contributed by atoms with Crippen LogP contribution in [0.5, 0.6) is 17.2 Å². The average molecular weight is 491 g/mol. The van der Waals surface area contributed by atoms with Crippen molar-refractivity contribution in [2.24, 2.45) is 4.99 Å². The van der Waals surface area contributed by atoms with Gasteiger partial charge in [-0.1, -0.05) is 18.2 Å². The number of amidine groups is 1. The SMILES string of the molecule is COc1ccc(N=C2NC(=O)C(=Cc3ccc(OCc4ccc(C(=O)O)cc4)c(OC)c3)S2)cc1. The van der Waals surface area contributed by atoms with Crippen LogP contribution >= 0.6 is 11.8 Å². The number of hydrogen-bond donors (Lipinski definition) is 2. The van der Waals surface area contributed by atoms with Crippen LogP contribution in [0.4, 0.5) is 5.69 Å². The van der Waals surface area contributed by atoms with Gasteiger partial charge in [0, 0.05) is 0 Å². The predicted octanol–water partition coefficient (Wildman–Crippen LogP) is 4.87. The summed E-state index contributed by atoms with van der Waals surface area (Å²) in [5, 5.41) is 12.3. The topological polar surface area (TPSA) is 106 Å². The van der Waals surface area contributed by atoms with Crippen LogP contribution in [-0.4, -0.2) is 36.4 Å². The number of ether oxygens (including phenoxy) is 3. The molecule has 3 aromatic carbocycles. The number of nitrogens with one attached hydrogen (secondary N) is 1. The van der Waals surface area contributed by atoms with Crippen LogP contribution in [0.15, 0.2) is 76.6 Å². The molecule has 2 N–H and O–H groups in total. The number of carboxylic acids is 1. The first-order valence-corrected chi connectivity index (χ1v) is 11.3. The summed E-state index contributed by atoms with van der Waals surface area (Å²) >= 11 is 1.25. The molecule has 0 aromatic heterocycles. The zero-order valence-corrected chi connectivity index (χ0v) is 19.8. The summed E-state index contributed by atoms with van der Waals surface area (Å²) in [7, 11) is 3.14. The Morgan fingerprint density at radius 2 is 1.74 bits per heavy atom. The number of aliphatic imine (C=N–C) groups is 1. The van der Waals surface area contributed by atoms with Crippen LogP contribution < -0.4 is 19.5 Å². The van der Waals surface area contributed by atoms with Gasteiger partial charge in [0.15, 0.2) is 16.7 Å². The maximum Gasteiger partial charge on any atom is 0.335 e. The first-order valence-electron chi connectivity index (χ1n) is 10.5. The van der Waals surface area contributed by atoms with Crippen LogP contribution in [0, 0.1) is 0 Å². The van der Waals surface area contributed by atoms with E-state index >= 15 is 0 Å². The number of methoxy groups -OCH3 is 2. The van der Waals surface area contributed by atoms with E-state index in [0.717, 1.165) is 16.9 Å². The van der Waals surface area contributed by atoms with E-state index in [1.165, 1.54) is 31.0 Å². The molecule has 1 saturated heterocycles. The lowest BCUT2D eigenvalue weighted by atomic mass is 10.1. The van der Waals surface area contributed by atoms with Crippen LogP contribution in [0.1, 0.15) is 21.5 Å². The van der Waals surface area contributed by atoms with Gasteiger partial charge in [0.25, 0.3) is 5.91 Å². The maximum absolute atomic E-state index is 12.4. The molecule has 4 rings (SSSR count). The molecule has 0 saturated carbocycles. The number of carboxylic acid groups (broad SMARTS) is 1. The number of thioether (sulfide) groups is 1. The quantitative estimate of drug-likeness (QED) is 0.434. The van der Waals surface area contributed by atoms with E-state index in [9.17, 15) is 9.59 Å². The first kappa shape index (κ1) is 23.9. The number of carbonyl (C=O) groups is 2. The molecule has 0 aliphatic carbocycles. The average Bonchev–Trinajstić information content (AvgIpc) is 3.21. The summed E-state index contributed by atoms with van der Waals surface area (Å²) < 4.78 is 16.5. The van der Waals surface area contributed by atoms with Gasteiger partial charge in [0.1, 0.15) is 12.4 Å². The van der Waals surface area contributed by atoms with Crippen LogP contribution in [-0.2, 0) is 11.4 Å². The Labute approximate surface area is 206 Å². The Kier molecular flexibility index (Phi) is 7.37. The second-order valence-corrected chi connectivity index (χ2v) is 8.41. The highest BCUT2D eigenvalue weighted by Gasteiger charge is 2.24. The fraction of sp³-hybridized carbons (Fsp3) is 0.115. The number of carbonyl (C=O) groups excluding carboxylic acids is 1. The molecule has 3 aromatic rings. The highest BCUT2D eigenvalue weighted by atomic mass is 32.2. The lowest BCUT2D eigenvalue weighted by Crippen LogP contribution is -2.19. The van der Waals surface area contributed by atoms with Crippen LogP contribution in [0.3, 0.4) is 0 Å².